The lowest BCUT2D eigenvalue weighted by atomic mass is 10.1. The van der Waals surface area contributed by atoms with Gasteiger partial charge in [0.2, 0.25) is 5.91 Å². The summed E-state index contributed by atoms with van der Waals surface area (Å²) in [7, 11) is 0. The summed E-state index contributed by atoms with van der Waals surface area (Å²) >= 11 is 1.40. The third-order valence-electron chi connectivity index (χ3n) is 3.90. The maximum Gasteiger partial charge on any atom is 0.254 e. The Hall–Kier alpha value is -2.41. The molecule has 2 aromatic rings. The molecule has 1 saturated heterocycles. The van der Waals surface area contributed by atoms with Crippen molar-refractivity contribution in [2.24, 2.45) is 0 Å². The maximum atomic E-state index is 13.0. The van der Waals surface area contributed by atoms with Crippen molar-refractivity contribution in [3.05, 3.63) is 59.5 Å². The van der Waals surface area contributed by atoms with E-state index in [0.717, 1.165) is 12.0 Å². The van der Waals surface area contributed by atoms with Crippen molar-refractivity contribution in [1.82, 2.24) is 15.6 Å². The van der Waals surface area contributed by atoms with Gasteiger partial charge in [0.15, 0.2) is 0 Å². The highest BCUT2D eigenvalue weighted by atomic mass is 32.2. The lowest BCUT2D eigenvalue weighted by Gasteiger charge is -2.23. The number of rotatable bonds is 5. The van der Waals surface area contributed by atoms with E-state index in [1.807, 2.05) is 0 Å². The van der Waals surface area contributed by atoms with E-state index in [9.17, 15) is 14.0 Å². The van der Waals surface area contributed by atoms with Crippen LogP contribution in [0.3, 0.4) is 0 Å². The molecule has 0 aliphatic carbocycles. The molecule has 1 atom stereocenters. The molecule has 1 unspecified atom stereocenters. The Morgan fingerprint density at radius 1 is 1.32 bits per heavy atom. The summed E-state index contributed by atoms with van der Waals surface area (Å²) in [6.45, 7) is 0.650. The van der Waals surface area contributed by atoms with E-state index in [1.54, 1.807) is 30.5 Å². The maximum absolute atomic E-state index is 13.0. The van der Waals surface area contributed by atoms with Crippen LogP contribution < -0.4 is 10.6 Å². The van der Waals surface area contributed by atoms with Gasteiger partial charge in [0.25, 0.3) is 5.91 Å². The molecule has 25 heavy (non-hydrogen) atoms. The van der Waals surface area contributed by atoms with Gasteiger partial charge in [0.05, 0.1) is 5.56 Å². The molecule has 0 bridgehead atoms. The largest absolute Gasteiger partial charge is 0.354 e. The lowest BCUT2D eigenvalue weighted by molar-refractivity contribution is -0.124. The molecule has 2 N–H and O–H groups in total. The van der Waals surface area contributed by atoms with Crippen LogP contribution in [-0.4, -0.2) is 29.4 Å². The Bertz CT molecular complexity index is 767. The first-order valence-electron chi connectivity index (χ1n) is 8.04. The molecule has 5 nitrogen and oxygen atoms in total. The van der Waals surface area contributed by atoms with Crippen molar-refractivity contribution in [3.63, 3.8) is 0 Å². The van der Waals surface area contributed by atoms with Crippen molar-refractivity contribution in [1.29, 1.82) is 0 Å². The molecular weight excluding hydrogens is 341 g/mol. The smallest absolute Gasteiger partial charge is 0.254 e. The normalized spacial score (nSPS) is 17.0. The summed E-state index contributed by atoms with van der Waals surface area (Å²) in [6, 6.07) is 9.10. The zero-order valence-corrected chi connectivity index (χ0v) is 14.3. The quantitative estimate of drug-likeness (QED) is 0.805. The Labute approximate surface area is 149 Å². The first-order chi connectivity index (χ1) is 12.1. The first-order valence-corrected chi connectivity index (χ1v) is 9.03. The molecule has 1 aromatic carbocycles. The van der Waals surface area contributed by atoms with Crippen LogP contribution in [0.15, 0.2) is 47.6 Å². The molecule has 1 aliphatic heterocycles. The van der Waals surface area contributed by atoms with E-state index in [0.29, 0.717) is 29.3 Å². The zero-order valence-electron chi connectivity index (χ0n) is 13.5. The zero-order chi connectivity index (χ0) is 17.6. The summed E-state index contributed by atoms with van der Waals surface area (Å²) in [5.74, 6) is -0.167. The third-order valence-corrected chi connectivity index (χ3v) is 4.97. The topological polar surface area (TPSA) is 71.1 Å². The lowest BCUT2D eigenvalue weighted by Crippen LogP contribution is -2.50. The Kier molecular flexibility index (Phi) is 5.65. The number of carbonyl (C=O) groups excluding carboxylic acids is 2. The average Bonchev–Trinajstić information content (AvgIpc) is 2.63. The summed E-state index contributed by atoms with van der Waals surface area (Å²) in [5.41, 5.74) is 1.38. The minimum absolute atomic E-state index is 0.149. The van der Waals surface area contributed by atoms with Crippen LogP contribution in [0.25, 0.3) is 0 Å². The van der Waals surface area contributed by atoms with Crippen LogP contribution in [0.2, 0.25) is 0 Å². The molecule has 0 saturated carbocycles. The van der Waals surface area contributed by atoms with Gasteiger partial charge in [-0.05, 0) is 42.7 Å². The van der Waals surface area contributed by atoms with Gasteiger partial charge in [-0.25, -0.2) is 9.37 Å². The van der Waals surface area contributed by atoms with E-state index in [1.165, 1.54) is 23.9 Å². The summed E-state index contributed by atoms with van der Waals surface area (Å²) < 4.78 is 13.0. The fourth-order valence-corrected chi connectivity index (χ4v) is 3.50. The van der Waals surface area contributed by atoms with E-state index in [2.05, 4.69) is 15.6 Å². The van der Waals surface area contributed by atoms with Crippen molar-refractivity contribution in [3.8, 4) is 0 Å². The fourth-order valence-electron chi connectivity index (χ4n) is 2.56. The standard InChI is InChI=1S/C18H18FN3O2S/c19-13-7-5-12(6-8-13)11-25-18-14(3-1-10-21-18)16(23)22-15-4-2-9-20-17(15)24/h1,3,5-8,10,15H,2,4,9,11H2,(H,20,24)(H,22,23). The number of piperidine rings is 1. The molecule has 0 radical (unpaired) electrons. The van der Waals surface area contributed by atoms with Crippen LogP contribution in [0, 0.1) is 5.82 Å². The number of nitrogens with zero attached hydrogens (tertiary/aromatic N) is 1. The summed E-state index contributed by atoms with van der Waals surface area (Å²) in [4.78, 5) is 28.6. The van der Waals surface area contributed by atoms with Crippen LogP contribution in [0.4, 0.5) is 4.39 Å². The van der Waals surface area contributed by atoms with Gasteiger partial charge in [0.1, 0.15) is 16.9 Å². The number of hydrogen-bond acceptors (Lipinski definition) is 4. The van der Waals surface area contributed by atoms with E-state index in [4.69, 9.17) is 0 Å². The molecule has 3 rings (SSSR count). The molecule has 7 heteroatoms. The number of pyridine rings is 1. The van der Waals surface area contributed by atoms with E-state index < -0.39 is 6.04 Å². The Balaban J connectivity index is 1.68. The molecule has 1 aliphatic rings. The number of carbonyl (C=O) groups is 2. The summed E-state index contributed by atoms with van der Waals surface area (Å²) in [6.07, 6.45) is 3.10. The molecule has 1 fully saturated rings. The first kappa shape index (κ1) is 17.4. The second kappa shape index (κ2) is 8.11. The summed E-state index contributed by atoms with van der Waals surface area (Å²) in [5, 5.41) is 6.11. The number of aromatic nitrogens is 1. The van der Waals surface area contributed by atoms with Gasteiger partial charge >= 0.3 is 0 Å². The SMILES string of the molecule is O=C(NC1CCCNC1=O)c1cccnc1SCc1ccc(F)cc1. The number of halogens is 1. The molecule has 2 heterocycles. The molecular formula is C18H18FN3O2S. The van der Waals surface area contributed by atoms with Gasteiger partial charge in [0, 0.05) is 18.5 Å². The predicted molar refractivity (Wildman–Crippen MR) is 93.7 cm³/mol. The van der Waals surface area contributed by atoms with Crippen LogP contribution in [-0.2, 0) is 10.5 Å². The highest BCUT2D eigenvalue weighted by Gasteiger charge is 2.25. The fraction of sp³-hybridized carbons (Fsp3) is 0.278. The number of nitrogens with one attached hydrogen (secondary N) is 2. The van der Waals surface area contributed by atoms with Gasteiger partial charge < -0.3 is 10.6 Å². The number of benzene rings is 1. The van der Waals surface area contributed by atoms with Crippen molar-refractivity contribution < 1.29 is 14.0 Å². The molecule has 1 aromatic heterocycles. The second-order valence-electron chi connectivity index (χ2n) is 5.73. The van der Waals surface area contributed by atoms with Crippen LogP contribution >= 0.6 is 11.8 Å². The minimum Gasteiger partial charge on any atom is -0.354 e. The minimum atomic E-state index is -0.503. The van der Waals surface area contributed by atoms with Crippen LogP contribution in [0.5, 0.6) is 0 Å². The van der Waals surface area contributed by atoms with Gasteiger partial charge in [-0.15, -0.1) is 11.8 Å². The average molecular weight is 359 g/mol. The van der Waals surface area contributed by atoms with Crippen molar-refractivity contribution in [2.45, 2.75) is 29.7 Å². The van der Waals surface area contributed by atoms with Crippen LogP contribution in [0.1, 0.15) is 28.8 Å². The van der Waals surface area contributed by atoms with Gasteiger partial charge in [-0.3, -0.25) is 9.59 Å². The van der Waals surface area contributed by atoms with Crippen molar-refractivity contribution in [2.75, 3.05) is 6.54 Å². The molecule has 130 valence electrons. The third kappa shape index (κ3) is 4.57. The monoisotopic (exact) mass is 359 g/mol. The highest BCUT2D eigenvalue weighted by molar-refractivity contribution is 7.98. The second-order valence-corrected chi connectivity index (χ2v) is 6.69. The highest BCUT2D eigenvalue weighted by Crippen LogP contribution is 2.24. The number of hydrogen-bond donors (Lipinski definition) is 2. The molecule has 0 spiro atoms. The Morgan fingerprint density at radius 2 is 2.12 bits per heavy atom. The number of amides is 2. The van der Waals surface area contributed by atoms with Crippen molar-refractivity contribution >= 4 is 23.6 Å². The van der Waals surface area contributed by atoms with E-state index >= 15 is 0 Å². The molecule has 2 amide bonds. The van der Waals surface area contributed by atoms with Gasteiger partial charge in [-0.1, -0.05) is 12.1 Å². The predicted octanol–water partition coefficient (Wildman–Crippen LogP) is 2.52. The van der Waals surface area contributed by atoms with Gasteiger partial charge in [-0.2, -0.15) is 0 Å². The number of thioether (sulfide) groups is 1. The Morgan fingerprint density at radius 3 is 2.88 bits per heavy atom. The van der Waals surface area contributed by atoms with E-state index in [-0.39, 0.29) is 17.6 Å².